The lowest BCUT2D eigenvalue weighted by molar-refractivity contribution is -0.171. The molecule has 0 aromatic heterocycles. The van der Waals surface area contributed by atoms with Crippen molar-refractivity contribution in [3.63, 3.8) is 0 Å². The van der Waals surface area contributed by atoms with Gasteiger partial charge < -0.3 is 15.9 Å². The molecule has 4 N–H and O–H groups in total. The lowest BCUT2D eigenvalue weighted by Gasteiger charge is -2.21. The second-order valence-electron chi connectivity index (χ2n) is 5.77. The fraction of sp³-hybridized carbons (Fsp3) is 0.588. The first-order chi connectivity index (χ1) is 9.94. The summed E-state index contributed by atoms with van der Waals surface area (Å²) in [4.78, 5) is 11.5. The van der Waals surface area contributed by atoms with Gasteiger partial charge in [-0.05, 0) is 24.8 Å². The van der Waals surface area contributed by atoms with E-state index < -0.39 is 5.79 Å². The van der Waals surface area contributed by atoms with Crippen LogP contribution in [0.25, 0.3) is 0 Å². The molecular formula is C17H27NO3. The van der Waals surface area contributed by atoms with E-state index in [9.17, 15) is 15.0 Å². The van der Waals surface area contributed by atoms with Crippen molar-refractivity contribution >= 4 is 5.91 Å². The molecule has 0 bridgehead atoms. The number of nitrogens with two attached hydrogens (primary N) is 1. The predicted octanol–water partition coefficient (Wildman–Crippen LogP) is 2.37. The molecule has 0 saturated carbocycles. The Morgan fingerprint density at radius 1 is 1.19 bits per heavy atom. The normalized spacial score (nSPS) is 13.1. The van der Waals surface area contributed by atoms with Gasteiger partial charge in [0.1, 0.15) is 0 Å². The summed E-state index contributed by atoms with van der Waals surface area (Å²) in [7, 11) is 0. The lowest BCUT2D eigenvalue weighted by Crippen LogP contribution is -2.28. The number of carbonyl (C=O) groups excluding carboxylic acids is 1. The van der Waals surface area contributed by atoms with Gasteiger partial charge in [0, 0.05) is 18.8 Å². The Labute approximate surface area is 127 Å². The van der Waals surface area contributed by atoms with E-state index in [1.54, 1.807) is 0 Å². The molecule has 0 saturated heterocycles. The molecule has 1 atom stereocenters. The van der Waals surface area contributed by atoms with E-state index in [0.29, 0.717) is 32.1 Å². The highest BCUT2D eigenvalue weighted by molar-refractivity contribution is 5.76. The maximum Gasteiger partial charge on any atom is 0.220 e. The van der Waals surface area contributed by atoms with Gasteiger partial charge in [-0.25, -0.2) is 0 Å². The van der Waals surface area contributed by atoms with Crippen molar-refractivity contribution < 1.29 is 15.0 Å². The Balaban J connectivity index is 2.37. The molecule has 1 unspecified atom stereocenters. The van der Waals surface area contributed by atoms with Crippen LogP contribution in [0.3, 0.4) is 0 Å². The molecule has 1 aromatic carbocycles. The monoisotopic (exact) mass is 293 g/mol. The van der Waals surface area contributed by atoms with Crippen LogP contribution >= 0.6 is 0 Å². The van der Waals surface area contributed by atoms with Gasteiger partial charge >= 0.3 is 0 Å². The van der Waals surface area contributed by atoms with Gasteiger partial charge in [0.05, 0.1) is 0 Å². The first-order valence-corrected chi connectivity index (χ1v) is 7.72. The van der Waals surface area contributed by atoms with E-state index in [4.69, 9.17) is 5.73 Å². The summed E-state index contributed by atoms with van der Waals surface area (Å²) in [5.74, 6) is -2.05. The van der Waals surface area contributed by atoms with Crippen LogP contribution in [-0.4, -0.2) is 21.9 Å². The van der Waals surface area contributed by atoms with Crippen LogP contribution in [0.4, 0.5) is 0 Å². The molecule has 1 rings (SSSR count). The van der Waals surface area contributed by atoms with Crippen molar-refractivity contribution in [1.29, 1.82) is 0 Å². The van der Waals surface area contributed by atoms with Crippen molar-refractivity contribution in [3.8, 4) is 0 Å². The van der Waals surface area contributed by atoms with Gasteiger partial charge in [0.2, 0.25) is 5.91 Å². The van der Waals surface area contributed by atoms with Crippen LogP contribution in [0.2, 0.25) is 0 Å². The Hall–Kier alpha value is -1.39. The van der Waals surface area contributed by atoms with Gasteiger partial charge in [0.15, 0.2) is 5.79 Å². The van der Waals surface area contributed by atoms with E-state index in [1.165, 1.54) is 0 Å². The van der Waals surface area contributed by atoms with Gasteiger partial charge in [0.25, 0.3) is 0 Å². The molecule has 0 aliphatic rings. The molecule has 118 valence electrons. The molecular weight excluding hydrogens is 266 g/mol. The van der Waals surface area contributed by atoms with Crippen LogP contribution in [0, 0.1) is 5.92 Å². The SMILES string of the molecule is CCCC(O)(O)CCCCC(Cc1ccccc1)C(N)=O. The Bertz CT molecular complexity index is 417. The molecule has 0 radical (unpaired) electrons. The number of benzene rings is 1. The summed E-state index contributed by atoms with van der Waals surface area (Å²) < 4.78 is 0. The zero-order valence-corrected chi connectivity index (χ0v) is 12.8. The third-order valence-electron chi connectivity index (χ3n) is 3.76. The van der Waals surface area contributed by atoms with Crippen LogP contribution in [0.1, 0.15) is 51.0 Å². The summed E-state index contributed by atoms with van der Waals surface area (Å²) in [5.41, 5.74) is 6.57. The number of carbonyl (C=O) groups is 1. The molecule has 4 heteroatoms. The zero-order chi connectivity index (χ0) is 15.7. The van der Waals surface area contributed by atoms with Crippen molar-refractivity contribution in [2.45, 2.75) is 57.7 Å². The first kappa shape index (κ1) is 17.7. The Kier molecular flexibility index (Phi) is 7.40. The summed E-state index contributed by atoms with van der Waals surface area (Å²) >= 11 is 0. The third kappa shape index (κ3) is 7.25. The number of aliphatic hydroxyl groups is 2. The largest absolute Gasteiger partial charge is 0.369 e. The number of primary amides is 1. The minimum atomic E-state index is -1.57. The Morgan fingerprint density at radius 2 is 1.86 bits per heavy atom. The molecule has 21 heavy (non-hydrogen) atoms. The van der Waals surface area contributed by atoms with E-state index in [2.05, 4.69) is 0 Å². The van der Waals surface area contributed by atoms with E-state index >= 15 is 0 Å². The number of amides is 1. The molecule has 0 spiro atoms. The molecule has 1 aromatic rings. The highest BCUT2D eigenvalue weighted by atomic mass is 16.5. The van der Waals surface area contributed by atoms with Crippen molar-refractivity contribution in [2.75, 3.05) is 0 Å². The van der Waals surface area contributed by atoms with Gasteiger partial charge in [-0.1, -0.05) is 50.1 Å². The molecule has 1 amide bonds. The molecule has 4 nitrogen and oxygen atoms in total. The number of hydrogen-bond acceptors (Lipinski definition) is 3. The highest BCUT2D eigenvalue weighted by Crippen LogP contribution is 2.20. The molecule has 0 heterocycles. The first-order valence-electron chi connectivity index (χ1n) is 7.72. The predicted molar refractivity (Wildman–Crippen MR) is 83.4 cm³/mol. The van der Waals surface area contributed by atoms with Crippen LogP contribution in [0.15, 0.2) is 30.3 Å². The summed E-state index contributed by atoms with van der Waals surface area (Å²) in [6.45, 7) is 1.92. The van der Waals surface area contributed by atoms with Crippen molar-refractivity contribution in [1.82, 2.24) is 0 Å². The van der Waals surface area contributed by atoms with Gasteiger partial charge in [-0.2, -0.15) is 0 Å². The number of unbranched alkanes of at least 4 members (excludes halogenated alkanes) is 1. The molecule has 0 aliphatic heterocycles. The standard InChI is InChI=1S/C17H27NO3/c1-2-11-17(20,21)12-7-6-10-15(16(18)19)13-14-8-4-3-5-9-14/h3-5,8-9,15,20-21H,2,6-7,10-13H2,1H3,(H2,18,19). The summed E-state index contributed by atoms with van der Waals surface area (Å²) in [6.07, 6.45) is 4.26. The van der Waals surface area contributed by atoms with E-state index in [0.717, 1.165) is 18.4 Å². The number of hydrogen-bond donors (Lipinski definition) is 3. The van der Waals surface area contributed by atoms with E-state index in [1.807, 2.05) is 37.3 Å². The topological polar surface area (TPSA) is 83.6 Å². The minimum Gasteiger partial charge on any atom is -0.369 e. The van der Waals surface area contributed by atoms with Crippen molar-refractivity contribution in [3.05, 3.63) is 35.9 Å². The van der Waals surface area contributed by atoms with Crippen LogP contribution < -0.4 is 5.73 Å². The summed E-state index contributed by atoms with van der Waals surface area (Å²) in [5, 5.41) is 19.4. The maximum absolute atomic E-state index is 11.5. The third-order valence-corrected chi connectivity index (χ3v) is 3.76. The number of rotatable bonds is 10. The van der Waals surface area contributed by atoms with Gasteiger partial charge in [-0.15, -0.1) is 0 Å². The van der Waals surface area contributed by atoms with Gasteiger partial charge in [-0.3, -0.25) is 4.79 Å². The van der Waals surface area contributed by atoms with Crippen LogP contribution in [0.5, 0.6) is 0 Å². The smallest absolute Gasteiger partial charge is 0.220 e. The molecule has 0 aliphatic carbocycles. The second kappa shape index (κ2) is 8.80. The second-order valence-corrected chi connectivity index (χ2v) is 5.77. The highest BCUT2D eigenvalue weighted by Gasteiger charge is 2.21. The van der Waals surface area contributed by atoms with E-state index in [-0.39, 0.29) is 11.8 Å². The molecule has 0 fully saturated rings. The van der Waals surface area contributed by atoms with Crippen molar-refractivity contribution in [2.24, 2.45) is 11.7 Å². The maximum atomic E-state index is 11.5. The summed E-state index contributed by atoms with van der Waals surface area (Å²) in [6, 6.07) is 9.82. The fourth-order valence-electron chi connectivity index (χ4n) is 2.57. The van der Waals surface area contributed by atoms with Crippen LogP contribution in [-0.2, 0) is 11.2 Å². The fourth-order valence-corrected chi connectivity index (χ4v) is 2.57. The lowest BCUT2D eigenvalue weighted by atomic mass is 9.92. The minimum absolute atomic E-state index is 0.189. The zero-order valence-electron chi connectivity index (χ0n) is 12.8. The Morgan fingerprint density at radius 3 is 2.43 bits per heavy atom. The quantitative estimate of drug-likeness (QED) is 0.457. The average Bonchev–Trinajstić information content (AvgIpc) is 2.43. The average molecular weight is 293 g/mol.